The molecule has 2 unspecified atom stereocenters. The van der Waals surface area contributed by atoms with Gasteiger partial charge in [0, 0.05) is 0 Å². The second-order valence-electron chi connectivity index (χ2n) is 1.53. The molecule has 7 nitrogen and oxygen atoms in total. The van der Waals surface area contributed by atoms with Crippen molar-refractivity contribution < 1.29 is 71.8 Å². The summed E-state index contributed by atoms with van der Waals surface area (Å²) in [6.45, 7) is 0. The van der Waals surface area contributed by atoms with Crippen LogP contribution in [0.1, 0.15) is 0 Å². The molecule has 6 N–H and O–H groups in total. The zero-order chi connectivity index (χ0) is 8.31. The van der Waals surface area contributed by atoms with Crippen molar-refractivity contribution in [3.05, 3.63) is 0 Å². The summed E-state index contributed by atoms with van der Waals surface area (Å²) in [6, 6.07) is 0. The van der Waals surface area contributed by atoms with Gasteiger partial charge in [-0.05, 0) is 0 Å². The summed E-state index contributed by atoms with van der Waals surface area (Å²) in [5, 5.41) is 35.7. The molecule has 67 valence electrons. The molecule has 0 aromatic heterocycles. The second kappa shape index (κ2) is 7.83. The maximum atomic E-state index is 9.63. The smallest absolute Gasteiger partial charge is 0.547 e. The number of aliphatic carboxylic acids is 2. The molecule has 2 atom stereocenters. The van der Waals surface area contributed by atoms with Gasteiger partial charge in [-0.2, -0.15) is 0 Å². The number of rotatable bonds is 3. The number of carboxylic acids is 2. The monoisotopic (exact) mass is 306 g/mol. The van der Waals surface area contributed by atoms with Gasteiger partial charge in [-0.3, -0.25) is 0 Å². The predicted molar refractivity (Wildman–Crippen MR) is 28.0 cm³/mol. The fraction of sp³-hybridized carbons (Fsp3) is 0.500. The summed E-state index contributed by atoms with van der Waals surface area (Å²) in [5.41, 5.74) is 0. The quantitative estimate of drug-likeness (QED) is 0.477. The van der Waals surface area contributed by atoms with Crippen LogP contribution in [0, 0.1) is 41.7 Å². The van der Waals surface area contributed by atoms with E-state index in [1.165, 1.54) is 0 Å². The Balaban J connectivity index is -0.000000405. The molecule has 12 heavy (non-hydrogen) atoms. The summed E-state index contributed by atoms with van der Waals surface area (Å²) < 4.78 is 0. The maximum absolute atomic E-state index is 9.63. The van der Waals surface area contributed by atoms with E-state index in [4.69, 9.17) is 10.2 Å². The minimum atomic E-state index is -2.44. The average molecular weight is 306 g/mol. The van der Waals surface area contributed by atoms with Crippen LogP contribution in [0.25, 0.3) is 0 Å². The summed E-state index contributed by atoms with van der Waals surface area (Å²) in [5.74, 6) is -4.12. The van der Waals surface area contributed by atoms with Crippen molar-refractivity contribution in [3.63, 3.8) is 0 Å². The topological polar surface area (TPSA) is 157 Å². The third kappa shape index (κ3) is 5.80. The molecule has 0 saturated carbocycles. The van der Waals surface area contributed by atoms with Crippen molar-refractivity contribution in [1.82, 2.24) is 6.15 Å². The van der Waals surface area contributed by atoms with E-state index in [1.54, 1.807) is 0 Å². The molecule has 0 aromatic carbocycles. The zero-order valence-electron chi connectivity index (χ0n) is 6.18. The molecule has 0 fully saturated rings. The molecule has 0 aromatic rings. The van der Waals surface area contributed by atoms with Gasteiger partial charge in [0.15, 0.2) is 0 Å². The summed E-state index contributed by atoms with van der Waals surface area (Å²) >= 11 is 0. The largest absolute Gasteiger partial charge is 3.00 e. The van der Waals surface area contributed by atoms with Crippen molar-refractivity contribution in [2.24, 2.45) is 0 Å². The fourth-order valence-electron chi connectivity index (χ4n) is 0.258. The summed E-state index contributed by atoms with van der Waals surface area (Å²) in [6.07, 6.45) is -4.88. The van der Waals surface area contributed by atoms with E-state index in [2.05, 4.69) is 0 Å². The van der Waals surface area contributed by atoms with Gasteiger partial charge >= 0.3 is 41.7 Å². The van der Waals surface area contributed by atoms with Crippen molar-refractivity contribution in [1.29, 1.82) is 0 Å². The van der Waals surface area contributed by atoms with E-state index in [0.717, 1.165) is 0 Å². The number of hydrogen-bond donors (Lipinski definition) is 3. The number of carboxylic acid groups (broad SMARTS) is 2. The van der Waals surface area contributed by atoms with Crippen molar-refractivity contribution >= 4 is 11.9 Å². The van der Waals surface area contributed by atoms with E-state index in [1.807, 2.05) is 0 Å². The first-order valence-corrected chi connectivity index (χ1v) is 2.24. The number of aliphatic hydroxyl groups excluding tert-OH is 2. The number of carbonyl (C=O) groups is 2. The average Bonchev–Trinajstić information content (AvgIpc) is 1.84. The SMILES string of the molecule is O=C([O-])C(O)C(O)C(=O)[O-].[Ce+3].[NH4+]. The van der Waals surface area contributed by atoms with Crippen LogP contribution in [0.15, 0.2) is 0 Å². The van der Waals surface area contributed by atoms with E-state index in [0.29, 0.717) is 0 Å². The molecular formula is C4H8CeNO6+2. The Labute approximate surface area is 101 Å². The van der Waals surface area contributed by atoms with Crippen LogP contribution in [-0.2, 0) is 9.59 Å². The molecule has 0 heterocycles. The molecule has 0 rings (SSSR count). The third-order valence-corrected chi connectivity index (χ3v) is 0.782. The minimum Gasteiger partial charge on any atom is -0.547 e. The molecule has 8 heteroatoms. The van der Waals surface area contributed by atoms with E-state index in [-0.39, 0.29) is 47.9 Å². The molecule has 0 aliphatic carbocycles. The fourth-order valence-corrected chi connectivity index (χ4v) is 0.258. The Morgan fingerprint density at radius 3 is 1.25 bits per heavy atom. The van der Waals surface area contributed by atoms with Crippen molar-refractivity contribution in [3.8, 4) is 0 Å². The molecule has 1 radical (unpaired) electrons. The molecule has 0 bridgehead atoms. The Bertz CT molecular complexity index is 144. The van der Waals surface area contributed by atoms with Crippen LogP contribution < -0.4 is 16.4 Å². The Morgan fingerprint density at radius 1 is 1.00 bits per heavy atom. The number of aliphatic hydroxyl groups is 2. The standard InChI is InChI=1S/C4H6O6.Ce.H3N/c5-1(3(7)8)2(6)4(9)10;;/h1-2,5-6H,(H,7,8)(H,9,10);;1H3/q;+3;/p-1. The minimum absolute atomic E-state index is 0. The Kier molecular flexibility index (Phi) is 11.8. The normalized spacial score (nSPS) is 13.2. The maximum Gasteiger partial charge on any atom is 3.00 e. The number of carbonyl (C=O) groups excluding carboxylic acids is 2. The molecule has 0 amide bonds. The van der Waals surface area contributed by atoms with Gasteiger partial charge in [-0.25, -0.2) is 0 Å². The number of quaternary nitrogens is 1. The molecule has 0 aliphatic heterocycles. The first-order chi connectivity index (χ1) is 4.46. The van der Waals surface area contributed by atoms with E-state index in [9.17, 15) is 19.8 Å². The van der Waals surface area contributed by atoms with Gasteiger partial charge < -0.3 is 36.2 Å². The van der Waals surface area contributed by atoms with Crippen LogP contribution in [-0.4, -0.2) is 34.4 Å². The van der Waals surface area contributed by atoms with Gasteiger partial charge in [-0.1, -0.05) is 0 Å². The van der Waals surface area contributed by atoms with Crippen molar-refractivity contribution in [2.75, 3.05) is 0 Å². The van der Waals surface area contributed by atoms with Crippen LogP contribution in [0.4, 0.5) is 0 Å². The second-order valence-corrected chi connectivity index (χ2v) is 1.53. The number of hydrogen-bond acceptors (Lipinski definition) is 6. The van der Waals surface area contributed by atoms with Crippen LogP contribution in [0.5, 0.6) is 0 Å². The van der Waals surface area contributed by atoms with Gasteiger partial charge in [0.1, 0.15) is 12.2 Å². The van der Waals surface area contributed by atoms with Gasteiger partial charge in [0.25, 0.3) is 0 Å². The molecule has 0 saturated heterocycles. The van der Waals surface area contributed by atoms with Gasteiger partial charge in [0.2, 0.25) is 0 Å². The molecule has 0 spiro atoms. The molecular weight excluding hydrogens is 298 g/mol. The summed E-state index contributed by atoms with van der Waals surface area (Å²) in [4.78, 5) is 19.3. The van der Waals surface area contributed by atoms with Crippen LogP contribution in [0.3, 0.4) is 0 Å². The van der Waals surface area contributed by atoms with E-state index < -0.39 is 24.1 Å². The van der Waals surface area contributed by atoms with Crippen LogP contribution >= 0.6 is 0 Å². The first kappa shape index (κ1) is 18.1. The van der Waals surface area contributed by atoms with Crippen LogP contribution in [0.2, 0.25) is 0 Å². The molecule has 0 aliphatic rings. The zero-order valence-corrected chi connectivity index (χ0v) is 9.32. The Morgan fingerprint density at radius 2 is 1.17 bits per heavy atom. The summed E-state index contributed by atoms with van der Waals surface area (Å²) in [7, 11) is 0. The van der Waals surface area contributed by atoms with Gasteiger partial charge in [-0.15, -0.1) is 0 Å². The van der Waals surface area contributed by atoms with E-state index >= 15 is 0 Å². The Hall–Kier alpha value is 0.197. The third-order valence-electron chi connectivity index (χ3n) is 0.782. The predicted octanol–water partition coefficient (Wildman–Crippen LogP) is -4.42. The van der Waals surface area contributed by atoms with Crippen molar-refractivity contribution in [2.45, 2.75) is 12.2 Å². The van der Waals surface area contributed by atoms with Gasteiger partial charge in [0.05, 0.1) is 11.9 Å². The first-order valence-electron chi connectivity index (χ1n) is 2.24.